The van der Waals surface area contributed by atoms with Gasteiger partial charge in [-0.05, 0) is 49.2 Å². The van der Waals surface area contributed by atoms with Gasteiger partial charge in [-0.1, -0.05) is 5.16 Å². The van der Waals surface area contributed by atoms with Crippen molar-refractivity contribution in [1.29, 1.82) is 5.26 Å². The maximum Gasteiger partial charge on any atom is 0.298 e. The van der Waals surface area contributed by atoms with Gasteiger partial charge in [0.15, 0.2) is 5.82 Å². The summed E-state index contributed by atoms with van der Waals surface area (Å²) in [6.07, 6.45) is 3.41. The molecule has 30 heavy (non-hydrogen) atoms. The first kappa shape index (κ1) is 19.5. The van der Waals surface area contributed by atoms with Crippen LogP contribution in [-0.4, -0.2) is 40.8 Å². The van der Waals surface area contributed by atoms with E-state index in [-0.39, 0.29) is 12.7 Å². The average Bonchev–Trinajstić information content (AvgIpc) is 3.28. The summed E-state index contributed by atoms with van der Waals surface area (Å²) in [4.78, 5) is 20.9. The number of ether oxygens (including phenoxy) is 2. The van der Waals surface area contributed by atoms with Crippen molar-refractivity contribution in [1.82, 2.24) is 15.1 Å². The highest BCUT2D eigenvalue weighted by Crippen LogP contribution is 2.24. The van der Waals surface area contributed by atoms with E-state index in [2.05, 4.69) is 20.0 Å². The molecule has 1 fully saturated rings. The number of carbonyl (C=O) groups is 1. The lowest BCUT2D eigenvalue weighted by Crippen LogP contribution is -2.37. The van der Waals surface area contributed by atoms with Gasteiger partial charge in [0.25, 0.3) is 12.4 Å². The van der Waals surface area contributed by atoms with Crippen LogP contribution in [0.15, 0.2) is 47.1 Å². The third-order valence-corrected chi connectivity index (χ3v) is 4.87. The molecule has 3 heterocycles. The predicted molar refractivity (Wildman–Crippen MR) is 105 cm³/mol. The lowest BCUT2D eigenvalue weighted by Gasteiger charge is -2.33. The van der Waals surface area contributed by atoms with Crippen LogP contribution in [-0.2, 0) is 16.1 Å². The van der Waals surface area contributed by atoms with Crippen LogP contribution in [0.5, 0.6) is 5.75 Å². The summed E-state index contributed by atoms with van der Waals surface area (Å²) in [6.45, 7) is 2.42. The lowest BCUT2D eigenvalue weighted by atomic mass is 10.1. The van der Waals surface area contributed by atoms with Gasteiger partial charge >= 0.3 is 0 Å². The summed E-state index contributed by atoms with van der Waals surface area (Å²) < 4.78 is 16.1. The molecule has 0 aliphatic carbocycles. The van der Waals surface area contributed by atoms with E-state index in [1.165, 1.54) is 6.20 Å². The highest BCUT2D eigenvalue weighted by molar-refractivity contribution is 5.54. The number of anilines is 1. The molecular formula is C21H19N5O4. The number of carbonyl (C=O) groups excluding carboxylic acids is 1. The fourth-order valence-corrected chi connectivity index (χ4v) is 3.32. The molecule has 1 saturated heterocycles. The zero-order valence-electron chi connectivity index (χ0n) is 16.1. The van der Waals surface area contributed by atoms with E-state index in [0.717, 1.165) is 31.6 Å². The van der Waals surface area contributed by atoms with E-state index in [0.29, 0.717) is 35.2 Å². The van der Waals surface area contributed by atoms with Crippen LogP contribution in [0.25, 0.3) is 11.5 Å². The Labute approximate surface area is 172 Å². The van der Waals surface area contributed by atoms with Gasteiger partial charge in [0, 0.05) is 30.5 Å². The van der Waals surface area contributed by atoms with Crippen molar-refractivity contribution in [2.24, 2.45) is 0 Å². The summed E-state index contributed by atoms with van der Waals surface area (Å²) in [6, 6.07) is 12.7. The van der Waals surface area contributed by atoms with Crippen molar-refractivity contribution < 1.29 is 18.8 Å². The van der Waals surface area contributed by atoms with Crippen molar-refractivity contribution in [3.8, 4) is 23.3 Å². The Morgan fingerprint density at radius 3 is 2.77 bits per heavy atom. The van der Waals surface area contributed by atoms with E-state index in [1.54, 1.807) is 24.3 Å². The molecule has 1 aliphatic heterocycles. The molecule has 2 aromatic heterocycles. The second kappa shape index (κ2) is 9.15. The summed E-state index contributed by atoms with van der Waals surface area (Å²) in [5.41, 5.74) is 2.03. The van der Waals surface area contributed by atoms with E-state index >= 15 is 0 Å². The Bertz CT molecular complexity index is 1040. The van der Waals surface area contributed by atoms with Crippen LogP contribution in [0.4, 0.5) is 5.69 Å². The van der Waals surface area contributed by atoms with Crippen molar-refractivity contribution >= 4 is 12.2 Å². The maximum atomic E-state index is 10.4. The Hall–Kier alpha value is -3.77. The molecule has 0 bridgehead atoms. The van der Waals surface area contributed by atoms with Crippen LogP contribution in [0, 0.1) is 11.3 Å². The lowest BCUT2D eigenvalue weighted by molar-refractivity contribution is -0.120. The Balaban J connectivity index is 1.27. The molecule has 0 unspecified atom stereocenters. The quantitative estimate of drug-likeness (QED) is 0.547. The molecule has 152 valence electrons. The smallest absolute Gasteiger partial charge is 0.298 e. The zero-order chi connectivity index (χ0) is 20.8. The first-order valence-electron chi connectivity index (χ1n) is 9.51. The molecule has 0 saturated carbocycles. The summed E-state index contributed by atoms with van der Waals surface area (Å²) in [5, 5.41) is 12.9. The van der Waals surface area contributed by atoms with Gasteiger partial charge in [0.05, 0.1) is 6.10 Å². The number of pyridine rings is 1. The first-order valence-corrected chi connectivity index (χ1v) is 9.51. The van der Waals surface area contributed by atoms with Gasteiger partial charge in [-0.25, -0.2) is 4.98 Å². The van der Waals surface area contributed by atoms with Gasteiger partial charge in [0.1, 0.15) is 24.1 Å². The summed E-state index contributed by atoms with van der Waals surface area (Å²) >= 11 is 0. The molecular weight excluding hydrogens is 386 g/mol. The van der Waals surface area contributed by atoms with E-state index in [9.17, 15) is 4.79 Å². The molecule has 0 radical (unpaired) electrons. The second-order valence-corrected chi connectivity index (χ2v) is 6.76. The van der Waals surface area contributed by atoms with Crippen molar-refractivity contribution in [3.05, 3.63) is 54.1 Å². The fraction of sp³-hybridized carbons (Fsp3) is 0.286. The maximum absolute atomic E-state index is 10.4. The molecule has 9 heteroatoms. The van der Waals surface area contributed by atoms with Crippen LogP contribution in [0.1, 0.15) is 24.4 Å². The van der Waals surface area contributed by atoms with E-state index in [4.69, 9.17) is 19.3 Å². The third kappa shape index (κ3) is 4.61. The van der Waals surface area contributed by atoms with Gasteiger partial charge in [-0.15, -0.1) is 0 Å². The normalized spacial score (nSPS) is 14.3. The average molecular weight is 405 g/mol. The van der Waals surface area contributed by atoms with Crippen molar-refractivity contribution in [3.63, 3.8) is 0 Å². The second-order valence-electron chi connectivity index (χ2n) is 6.76. The molecule has 0 amide bonds. The predicted octanol–water partition coefficient (Wildman–Crippen LogP) is 2.72. The molecule has 3 aromatic rings. The number of aromatic nitrogens is 3. The highest BCUT2D eigenvalue weighted by Gasteiger charge is 2.21. The van der Waals surface area contributed by atoms with E-state index in [1.807, 2.05) is 18.2 Å². The van der Waals surface area contributed by atoms with Crippen molar-refractivity contribution in [2.75, 3.05) is 18.0 Å². The Morgan fingerprint density at radius 2 is 2.03 bits per heavy atom. The van der Waals surface area contributed by atoms with Crippen molar-refractivity contribution in [2.45, 2.75) is 25.6 Å². The molecule has 0 spiro atoms. The van der Waals surface area contributed by atoms with Gasteiger partial charge in [-0.2, -0.15) is 10.2 Å². The van der Waals surface area contributed by atoms with Gasteiger partial charge in [-0.3, -0.25) is 4.79 Å². The number of piperidine rings is 1. The molecule has 4 rings (SSSR count). The number of hydrogen-bond donors (Lipinski definition) is 0. The topological polar surface area (TPSA) is 114 Å². The minimum absolute atomic E-state index is 0.118. The molecule has 1 aliphatic rings. The van der Waals surface area contributed by atoms with Crippen LogP contribution < -0.4 is 9.64 Å². The third-order valence-electron chi connectivity index (χ3n) is 4.87. The number of nitriles is 1. The van der Waals surface area contributed by atoms with Gasteiger partial charge < -0.3 is 18.9 Å². The first-order chi connectivity index (χ1) is 14.7. The van der Waals surface area contributed by atoms with Crippen LogP contribution in [0.3, 0.4) is 0 Å². The number of rotatable bonds is 7. The van der Waals surface area contributed by atoms with Crippen LogP contribution in [0.2, 0.25) is 0 Å². The standard InChI is InChI=1S/C21H19N5O4/c22-12-16-11-15(5-8-23-16)21-24-20(25-30-21)13-28-19-6-9-26(10-7-19)17-1-3-18(4-2-17)29-14-27/h1-5,8,11,14,19H,6-7,9-10,13H2. The highest BCUT2D eigenvalue weighted by atomic mass is 16.5. The minimum Gasteiger partial charge on any atom is -0.429 e. The Kier molecular flexibility index (Phi) is 5.96. The SMILES string of the molecule is N#Cc1cc(-c2nc(COC3CCN(c4ccc(OC=O)cc4)CC3)no2)ccn1. The summed E-state index contributed by atoms with van der Waals surface area (Å²) in [5.74, 6) is 1.33. The zero-order valence-corrected chi connectivity index (χ0v) is 16.1. The van der Waals surface area contributed by atoms with Crippen LogP contribution >= 0.6 is 0 Å². The largest absolute Gasteiger partial charge is 0.429 e. The monoisotopic (exact) mass is 405 g/mol. The molecule has 0 atom stereocenters. The number of nitrogens with zero attached hydrogens (tertiary/aromatic N) is 5. The molecule has 0 N–H and O–H groups in total. The molecule has 9 nitrogen and oxygen atoms in total. The van der Waals surface area contributed by atoms with E-state index < -0.39 is 0 Å². The molecule has 1 aromatic carbocycles. The fourth-order valence-electron chi connectivity index (χ4n) is 3.32. The summed E-state index contributed by atoms with van der Waals surface area (Å²) in [7, 11) is 0. The Morgan fingerprint density at radius 1 is 1.23 bits per heavy atom. The van der Waals surface area contributed by atoms with Gasteiger partial charge in [0.2, 0.25) is 0 Å². The minimum atomic E-state index is 0.118. The number of benzene rings is 1. The number of hydrogen-bond acceptors (Lipinski definition) is 9.